The lowest BCUT2D eigenvalue weighted by Gasteiger charge is -2.14. The van der Waals surface area contributed by atoms with Crippen LogP contribution in [0.4, 0.5) is 0 Å². The van der Waals surface area contributed by atoms with E-state index in [4.69, 9.17) is 0 Å². The molecule has 3 aromatic rings. The summed E-state index contributed by atoms with van der Waals surface area (Å²) in [6.07, 6.45) is 6.79. The van der Waals surface area contributed by atoms with Crippen molar-refractivity contribution in [3.8, 4) is 0 Å². The van der Waals surface area contributed by atoms with E-state index < -0.39 is 0 Å². The Labute approximate surface area is 178 Å². The number of aryl methyl sites for hydroxylation is 1. The van der Waals surface area contributed by atoms with Crippen molar-refractivity contribution in [2.45, 2.75) is 26.4 Å². The highest BCUT2D eigenvalue weighted by Gasteiger charge is 2.06. The van der Waals surface area contributed by atoms with E-state index in [1.54, 1.807) is 26.0 Å². The van der Waals surface area contributed by atoms with Crippen LogP contribution in [0.25, 0.3) is 10.9 Å². The highest BCUT2D eigenvalue weighted by Crippen LogP contribution is 2.12. The summed E-state index contributed by atoms with van der Waals surface area (Å²) in [5.74, 6) is 0. The van der Waals surface area contributed by atoms with Crippen molar-refractivity contribution in [1.82, 2.24) is 35.5 Å². The molecule has 30 heavy (non-hydrogen) atoms. The van der Waals surface area contributed by atoms with Crippen LogP contribution >= 0.6 is 0 Å². The van der Waals surface area contributed by atoms with Gasteiger partial charge in [0.1, 0.15) is 12.7 Å². The molecule has 8 heteroatoms. The fraction of sp³-hybridized carbons (Fsp3) is 0.409. The van der Waals surface area contributed by atoms with E-state index in [2.05, 4.69) is 54.6 Å². The largest absolute Gasteiger partial charge is 0.369 e. The summed E-state index contributed by atoms with van der Waals surface area (Å²) in [6.45, 7) is 6.69. The minimum Gasteiger partial charge on any atom is -0.369 e. The van der Waals surface area contributed by atoms with Gasteiger partial charge in [0, 0.05) is 64.1 Å². The molecular weight excluding hydrogens is 376 g/mol. The lowest BCUT2D eigenvalue weighted by molar-refractivity contribution is 0.535. The van der Waals surface area contributed by atoms with Gasteiger partial charge in [0.2, 0.25) is 0 Å². The van der Waals surface area contributed by atoms with Crippen LogP contribution in [0.15, 0.2) is 48.1 Å². The third kappa shape index (κ3) is 8.18. The molecule has 3 rings (SSSR count). The Hall–Kier alpha value is -2.97. The zero-order valence-electron chi connectivity index (χ0n) is 18.5. The zero-order valence-corrected chi connectivity index (χ0v) is 18.5. The predicted molar refractivity (Wildman–Crippen MR) is 123 cm³/mol. The van der Waals surface area contributed by atoms with Gasteiger partial charge in [-0.05, 0) is 37.6 Å². The molecule has 0 aliphatic carbocycles. The van der Waals surface area contributed by atoms with Crippen molar-refractivity contribution in [2.24, 2.45) is 4.99 Å². The average molecular weight is 409 g/mol. The van der Waals surface area contributed by atoms with E-state index in [1.165, 1.54) is 5.56 Å². The van der Waals surface area contributed by atoms with Gasteiger partial charge in [0.15, 0.2) is 0 Å². The molecule has 0 radical (unpaired) electrons. The Balaban J connectivity index is 0.000000469. The molecule has 0 fully saturated rings. The number of rotatable bonds is 8. The highest BCUT2D eigenvalue weighted by molar-refractivity contribution is 5.77. The van der Waals surface area contributed by atoms with Gasteiger partial charge in [0.25, 0.3) is 0 Å². The van der Waals surface area contributed by atoms with Crippen LogP contribution in [-0.2, 0) is 6.54 Å². The van der Waals surface area contributed by atoms with Crippen LogP contribution in [0.1, 0.15) is 29.9 Å². The number of hydrogen-bond donors (Lipinski definition) is 2. The van der Waals surface area contributed by atoms with Crippen LogP contribution < -0.4 is 10.6 Å². The second-order valence-corrected chi connectivity index (χ2v) is 7.19. The molecule has 0 saturated carbocycles. The molecule has 0 bridgehead atoms. The number of hydrogen-bond acceptors (Lipinski definition) is 7. The standard InChI is InChI=1S/C18H22N6.C4H10N2/c1-13-7-18(24-12-22-13)14(2)21-6-5-19-9-15-3-4-17-16(8-15)10-20-11-23-17;1-5-4-6(2)3/h3-4,7-8,10-12,14,19,21H,5-6,9H2,1-2H3;4H,1-3H3. The monoisotopic (exact) mass is 408 g/mol. The number of benzene rings is 1. The summed E-state index contributed by atoms with van der Waals surface area (Å²) in [5.41, 5.74) is 4.23. The summed E-state index contributed by atoms with van der Waals surface area (Å²) >= 11 is 0. The predicted octanol–water partition coefficient (Wildman–Crippen LogP) is 2.37. The van der Waals surface area contributed by atoms with Gasteiger partial charge in [-0.2, -0.15) is 0 Å². The third-order valence-corrected chi connectivity index (χ3v) is 4.27. The number of aliphatic imine (C=N–C) groups is 1. The maximum Gasteiger partial charge on any atom is 0.116 e. The van der Waals surface area contributed by atoms with E-state index >= 15 is 0 Å². The average Bonchev–Trinajstić information content (AvgIpc) is 2.73. The van der Waals surface area contributed by atoms with Crippen molar-refractivity contribution in [3.05, 3.63) is 60.1 Å². The van der Waals surface area contributed by atoms with E-state index in [9.17, 15) is 0 Å². The molecule has 1 aromatic carbocycles. The molecule has 8 nitrogen and oxygen atoms in total. The first-order valence-corrected chi connectivity index (χ1v) is 9.99. The second-order valence-electron chi connectivity index (χ2n) is 7.19. The van der Waals surface area contributed by atoms with Gasteiger partial charge >= 0.3 is 0 Å². The van der Waals surface area contributed by atoms with Crippen LogP contribution in [0.2, 0.25) is 0 Å². The Morgan fingerprint density at radius 3 is 2.63 bits per heavy atom. The summed E-state index contributed by atoms with van der Waals surface area (Å²) < 4.78 is 0. The van der Waals surface area contributed by atoms with Crippen molar-refractivity contribution < 1.29 is 0 Å². The smallest absolute Gasteiger partial charge is 0.116 e. The molecule has 2 N–H and O–H groups in total. The molecule has 0 saturated heterocycles. The summed E-state index contributed by atoms with van der Waals surface area (Å²) in [4.78, 5) is 22.4. The Bertz CT molecular complexity index is 926. The van der Waals surface area contributed by atoms with E-state index in [-0.39, 0.29) is 6.04 Å². The lowest BCUT2D eigenvalue weighted by Crippen LogP contribution is -2.29. The maximum atomic E-state index is 4.31. The van der Waals surface area contributed by atoms with E-state index in [0.29, 0.717) is 0 Å². The first kappa shape index (κ1) is 23.3. The van der Waals surface area contributed by atoms with Crippen molar-refractivity contribution in [1.29, 1.82) is 0 Å². The summed E-state index contributed by atoms with van der Waals surface area (Å²) in [5, 5.41) is 7.99. The zero-order chi connectivity index (χ0) is 21.8. The highest BCUT2D eigenvalue weighted by atomic mass is 15.1. The van der Waals surface area contributed by atoms with Gasteiger partial charge in [0.05, 0.1) is 17.5 Å². The van der Waals surface area contributed by atoms with E-state index in [0.717, 1.165) is 41.9 Å². The minimum atomic E-state index is 0.214. The van der Waals surface area contributed by atoms with Gasteiger partial charge in [-0.25, -0.2) is 19.9 Å². The van der Waals surface area contributed by atoms with Gasteiger partial charge in [-0.1, -0.05) is 6.07 Å². The number of fused-ring (bicyclic) bond motifs is 1. The van der Waals surface area contributed by atoms with Gasteiger partial charge in [-0.3, -0.25) is 4.99 Å². The lowest BCUT2D eigenvalue weighted by atomic mass is 10.1. The topological polar surface area (TPSA) is 91.2 Å². The van der Waals surface area contributed by atoms with Crippen molar-refractivity contribution in [2.75, 3.05) is 34.2 Å². The first-order valence-electron chi connectivity index (χ1n) is 9.99. The van der Waals surface area contributed by atoms with E-state index in [1.807, 2.05) is 44.2 Å². The minimum absolute atomic E-state index is 0.214. The molecule has 0 amide bonds. The molecule has 0 aliphatic heterocycles. The molecule has 0 spiro atoms. The molecule has 160 valence electrons. The van der Waals surface area contributed by atoms with Crippen LogP contribution in [-0.4, -0.2) is 65.4 Å². The first-order chi connectivity index (χ1) is 14.5. The van der Waals surface area contributed by atoms with Crippen LogP contribution in [0, 0.1) is 6.92 Å². The quantitative estimate of drug-likeness (QED) is 0.336. The third-order valence-electron chi connectivity index (χ3n) is 4.27. The Kier molecular flexibility index (Phi) is 9.76. The fourth-order valence-electron chi connectivity index (χ4n) is 2.80. The van der Waals surface area contributed by atoms with Gasteiger partial charge < -0.3 is 15.5 Å². The van der Waals surface area contributed by atoms with Crippen LogP contribution in [0.5, 0.6) is 0 Å². The van der Waals surface area contributed by atoms with Gasteiger partial charge in [-0.15, -0.1) is 0 Å². The molecular formula is C22H32N8. The second kappa shape index (κ2) is 12.6. The normalized spacial score (nSPS) is 11.9. The Morgan fingerprint density at radius 2 is 1.93 bits per heavy atom. The molecule has 0 aliphatic rings. The summed E-state index contributed by atoms with van der Waals surface area (Å²) in [7, 11) is 5.62. The number of aromatic nitrogens is 4. The number of nitrogens with zero attached hydrogens (tertiary/aromatic N) is 6. The van der Waals surface area contributed by atoms with Crippen molar-refractivity contribution >= 4 is 17.2 Å². The number of nitrogens with one attached hydrogen (secondary N) is 2. The van der Waals surface area contributed by atoms with Crippen LogP contribution in [0.3, 0.4) is 0 Å². The van der Waals surface area contributed by atoms with Crippen molar-refractivity contribution in [3.63, 3.8) is 0 Å². The fourth-order valence-corrected chi connectivity index (χ4v) is 2.80. The molecule has 1 atom stereocenters. The summed E-state index contributed by atoms with van der Waals surface area (Å²) in [6, 6.07) is 8.49. The Morgan fingerprint density at radius 1 is 1.10 bits per heavy atom. The molecule has 2 aromatic heterocycles. The molecule has 2 heterocycles. The SMILES string of the molecule is CN=CN(C)C.Cc1cc(C(C)NCCNCc2ccc3ncncc3c2)ncn1. The molecule has 1 unspecified atom stereocenters. The maximum absolute atomic E-state index is 4.31.